The largest absolute Gasteiger partial charge is 0.490 e. The van der Waals surface area contributed by atoms with Gasteiger partial charge in [-0.1, -0.05) is 29.8 Å². The van der Waals surface area contributed by atoms with Gasteiger partial charge in [-0.05, 0) is 73.8 Å². The first kappa shape index (κ1) is 26.9. The average Bonchev–Trinajstić information content (AvgIpc) is 3.12. The Morgan fingerprint density at radius 1 is 1.28 bits per heavy atom. The van der Waals surface area contributed by atoms with Gasteiger partial charge < -0.3 is 9.47 Å². The van der Waals surface area contributed by atoms with Gasteiger partial charge in [-0.3, -0.25) is 19.6 Å². The molecule has 3 rings (SSSR count). The van der Waals surface area contributed by atoms with Crippen LogP contribution in [0.25, 0.3) is 0 Å². The molecule has 3 aromatic rings. The lowest BCUT2D eigenvalue weighted by Crippen LogP contribution is -2.28. The van der Waals surface area contributed by atoms with Crippen LogP contribution < -0.4 is 14.9 Å². The van der Waals surface area contributed by atoms with Gasteiger partial charge in [-0.15, -0.1) is 0 Å². The number of aromatic nitrogens is 2. The fourth-order valence-electron chi connectivity index (χ4n) is 3.69. The number of amides is 1. The second-order valence-corrected chi connectivity index (χ2v) is 9.03. The van der Waals surface area contributed by atoms with Crippen LogP contribution in [0.15, 0.2) is 46.0 Å². The predicted octanol–water partition coefficient (Wildman–Crippen LogP) is 5.17. The zero-order valence-corrected chi connectivity index (χ0v) is 22.3. The van der Waals surface area contributed by atoms with Crippen molar-refractivity contribution in [3.05, 3.63) is 79.1 Å². The van der Waals surface area contributed by atoms with Crippen molar-refractivity contribution < 1.29 is 19.2 Å². The summed E-state index contributed by atoms with van der Waals surface area (Å²) in [4.78, 5) is 23.3. The molecule has 0 saturated heterocycles. The smallest absolute Gasteiger partial charge is 0.312 e. The van der Waals surface area contributed by atoms with E-state index in [4.69, 9.17) is 9.47 Å². The number of hydrogen-bond donors (Lipinski definition) is 1. The highest BCUT2D eigenvalue weighted by molar-refractivity contribution is 9.10. The molecule has 0 radical (unpaired) electrons. The van der Waals surface area contributed by atoms with Gasteiger partial charge >= 0.3 is 5.69 Å². The number of nitrogens with one attached hydrogen (secondary N) is 1. The van der Waals surface area contributed by atoms with Gasteiger partial charge in [0, 0.05) is 0 Å². The minimum absolute atomic E-state index is 0.101. The van der Waals surface area contributed by atoms with Crippen molar-refractivity contribution in [2.24, 2.45) is 5.10 Å². The number of rotatable bonds is 10. The van der Waals surface area contributed by atoms with Gasteiger partial charge in [0.15, 0.2) is 11.5 Å². The van der Waals surface area contributed by atoms with Gasteiger partial charge in [0.25, 0.3) is 5.91 Å². The molecule has 0 aliphatic heterocycles. The third-order valence-electron chi connectivity index (χ3n) is 5.40. The second-order valence-electron chi connectivity index (χ2n) is 8.17. The highest BCUT2D eigenvalue weighted by Crippen LogP contribution is 2.37. The number of hydrazone groups is 1. The number of hydrogen-bond acceptors (Lipinski definition) is 7. The Kier molecular flexibility index (Phi) is 8.81. The van der Waals surface area contributed by atoms with E-state index in [1.54, 1.807) is 26.0 Å². The van der Waals surface area contributed by atoms with Crippen LogP contribution in [0.2, 0.25) is 0 Å². The SMILES string of the molecule is CCOc1cc(/C=N/NC(=O)C(C)n2nc(C)c([N+](=O)[O-])c2C)cc(Br)c1OCc1cccc(C)c1. The molecule has 0 bridgehead atoms. The molecule has 1 N–H and O–H groups in total. The molecule has 1 aromatic heterocycles. The summed E-state index contributed by atoms with van der Waals surface area (Å²) in [5, 5.41) is 19.4. The molecule has 2 aromatic carbocycles. The van der Waals surface area contributed by atoms with E-state index in [-0.39, 0.29) is 11.4 Å². The molecule has 1 atom stereocenters. The van der Waals surface area contributed by atoms with Crippen molar-refractivity contribution in [1.29, 1.82) is 0 Å². The third-order valence-corrected chi connectivity index (χ3v) is 5.99. The number of carbonyl (C=O) groups excluding carboxylic acids is 1. The predicted molar refractivity (Wildman–Crippen MR) is 140 cm³/mol. The molecule has 36 heavy (non-hydrogen) atoms. The number of ether oxygens (including phenoxy) is 2. The summed E-state index contributed by atoms with van der Waals surface area (Å²) in [6, 6.07) is 10.8. The van der Waals surface area contributed by atoms with E-state index in [0.717, 1.165) is 11.1 Å². The zero-order valence-electron chi connectivity index (χ0n) is 20.7. The summed E-state index contributed by atoms with van der Waals surface area (Å²) in [5.74, 6) is 0.642. The Hall–Kier alpha value is -3.73. The van der Waals surface area contributed by atoms with E-state index in [1.165, 1.54) is 17.8 Å². The van der Waals surface area contributed by atoms with E-state index in [0.29, 0.717) is 40.4 Å². The van der Waals surface area contributed by atoms with Crippen molar-refractivity contribution in [3.63, 3.8) is 0 Å². The Morgan fingerprint density at radius 3 is 2.67 bits per heavy atom. The van der Waals surface area contributed by atoms with Crippen molar-refractivity contribution >= 4 is 33.7 Å². The number of carbonyl (C=O) groups is 1. The molecule has 11 heteroatoms. The molecular weight excluding hydrogens is 530 g/mol. The molecule has 1 heterocycles. The maximum absolute atomic E-state index is 12.6. The Labute approximate surface area is 217 Å². The molecule has 1 amide bonds. The van der Waals surface area contributed by atoms with Crippen LogP contribution >= 0.6 is 15.9 Å². The maximum Gasteiger partial charge on any atom is 0.312 e. The number of benzene rings is 2. The fourth-order valence-corrected chi connectivity index (χ4v) is 4.27. The Bertz CT molecular complexity index is 1300. The molecule has 0 saturated carbocycles. The van der Waals surface area contributed by atoms with Crippen LogP contribution in [0, 0.1) is 30.9 Å². The van der Waals surface area contributed by atoms with Crippen molar-refractivity contribution in [3.8, 4) is 11.5 Å². The normalized spacial score (nSPS) is 11.9. The van der Waals surface area contributed by atoms with Crippen molar-refractivity contribution in [1.82, 2.24) is 15.2 Å². The molecule has 10 nitrogen and oxygen atoms in total. The standard InChI is InChI=1S/C25H28BrN5O5/c1-6-35-22-12-20(11-21(26)24(22)36-14-19-9-7-8-15(2)10-19)13-27-28-25(32)18(5)30-17(4)23(31(33)34)16(3)29-30/h7-13,18H,6,14H2,1-5H3,(H,28,32)/b27-13+. The molecule has 190 valence electrons. The lowest BCUT2D eigenvalue weighted by molar-refractivity contribution is -0.386. The quantitative estimate of drug-likeness (QED) is 0.208. The number of aryl methyl sites for hydroxylation is 2. The van der Waals surface area contributed by atoms with E-state index < -0.39 is 16.9 Å². The van der Waals surface area contributed by atoms with Crippen molar-refractivity contribution in [2.45, 2.75) is 47.3 Å². The molecule has 1 unspecified atom stereocenters. The van der Waals surface area contributed by atoms with E-state index in [9.17, 15) is 14.9 Å². The minimum Gasteiger partial charge on any atom is -0.490 e. The Balaban J connectivity index is 1.72. The third kappa shape index (κ3) is 6.28. The summed E-state index contributed by atoms with van der Waals surface area (Å²) < 4.78 is 13.8. The first-order valence-electron chi connectivity index (χ1n) is 11.3. The van der Waals surface area contributed by atoms with E-state index in [1.807, 2.05) is 32.0 Å². The number of halogens is 1. The van der Waals surface area contributed by atoms with Crippen LogP contribution in [0.1, 0.15) is 48.0 Å². The van der Waals surface area contributed by atoms with Crippen LogP contribution in [0.3, 0.4) is 0 Å². The highest BCUT2D eigenvalue weighted by Gasteiger charge is 2.27. The van der Waals surface area contributed by atoms with Crippen LogP contribution in [-0.4, -0.2) is 33.4 Å². The Morgan fingerprint density at radius 2 is 2.03 bits per heavy atom. The van der Waals surface area contributed by atoms with E-state index >= 15 is 0 Å². The lowest BCUT2D eigenvalue weighted by Gasteiger charge is -2.15. The lowest BCUT2D eigenvalue weighted by atomic mass is 10.1. The molecule has 0 aliphatic carbocycles. The molecule has 0 spiro atoms. The number of nitro groups is 1. The van der Waals surface area contributed by atoms with Gasteiger partial charge in [0.2, 0.25) is 0 Å². The number of nitrogens with zero attached hydrogens (tertiary/aromatic N) is 4. The topological polar surface area (TPSA) is 121 Å². The minimum atomic E-state index is -0.794. The monoisotopic (exact) mass is 557 g/mol. The first-order chi connectivity index (χ1) is 17.1. The maximum atomic E-state index is 12.6. The molecule has 0 aliphatic rings. The second kappa shape index (κ2) is 11.8. The summed E-state index contributed by atoms with van der Waals surface area (Å²) in [5.41, 5.74) is 5.78. The van der Waals surface area contributed by atoms with Gasteiger partial charge in [-0.25, -0.2) is 5.43 Å². The van der Waals surface area contributed by atoms with Gasteiger partial charge in [0.05, 0.1) is 22.2 Å². The van der Waals surface area contributed by atoms with Gasteiger partial charge in [0.1, 0.15) is 24.0 Å². The van der Waals surface area contributed by atoms with Crippen LogP contribution in [0.5, 0.6) is 11.5 Å². The summed E-state index contributed by atoms with van der Waals surface area (Å²) in [6.45, 7) is 9.41. The van der Waals surface area contributed by atoms with E-state index in [2.05, 4.69) is 37.6 Å². The molecule has 0 fully saturated rings. The summed E-state index contributed by atoms with van der Waals surface area (Å²) in [6.07, 6.45) is 1.48. The highest BCUT2D eigenvalue weighted by atomic mass is 79.9. The average molecular weight is 558 g/mol. The zero-order chi connectivity index (χ0) is 26.4. The fraction of sp³-hybridized carbons (Fsp3) is 0.320. The van der Waals surface area contributed by atoms with Crippen molar-refractivity contribution in [2.75, 3.05) is 6.61 Å². The summed E-state index contributed by atoms with van der Waals surface area (Å²) in [7, 11) is 0. The van der Waals surface area contributed by atoms with Crippen LogP contribution in [0.4, 0.5) is 5.69 Å². The summed E-state index contributed by atoms with van der Waals surface area (Å²) >= 11 is 3.54. The van der Waals surface area contributed by atoms with Crippen LogP contribution in [-0.2, 0) is 11.4 Å². The molecular formula is C25H28BrN5O5. The first-order valence-corrected chi connectivity index (χ1v) is 12.1. The van der Waals surface area contributed by atoms with Gasteiger partial charge in [-0.2, -0.15) is 10.2 Å².